The van der Waals surface area contributed by atoms with Crippen LogP contribution in [0.4, 0.5) is 14.5 Å². The van der Waals surface area contributed by atoms with Gasteiger partial charge in [-0.05, 0) is 36.8 Å². The van der Waals surface area contributed by atoms with Crippen molar-refractivity contribution in [3.63, 3.8) is 0 Å². The van der Waals surface area contributed by atoms with Crippen LogP contribution in [-0.4, -0.2) is 5.91 Å². The van der Waals surface area contributed by atoms with Gasteiger partial charge in [-0.2, -0.15) is 0 Å². The molecule has 0 atom stereocenters. The van der Waals surface area contributed by atoms with Crippen LogP contribution in [0.15, 0.2) is 41.0 Å². The van der Waals surface area contributed by atoms with E-state index in [2.05, 4.69) is 5.32 Å². The fourth-order valence-electron chi connectivity index (χ4n) is 2.30. The van der Waals surface area contributed by atoms with Crippen molar-refractivity contribution in [2.45, 2.75) is 13.3 Å². The van der Waals surface area contributed by atoms with E-state index in [9.17, 15) is 13.6 Å². The zero-order chi connectivity index (χ0) is 16.6. The topological polar surface area (TPSA) is 42.2 Å². The lowest BCUT2D eigenvalue weighted by Gasteiger charge is -2.06. The third kappa shape index (κ3) is 3.19. The predicted molar refractivity (Wildman–Crippen MR) is 84.7 cm³/mol. The van der Waals surface area contributed by atoms with Gasteiger partial charge in [-0.3, -0.25) is 4.79 Å². The standard InChI is InChI=1S/C17H12ClF2NO2/c1-9-4-16-12(7-13(9)18)10(8-23-16)5-17(22)21-15-3-2-11(19)6-14(15)20/h2-4,6-8H,5H2,1H3,(H,21,22). The zero-order valence-electron chi connectivity index (χ0n) is 12.1. The highest BCUT2D eigenvalue weighted by Gasteiger charge is 2.14. The average Bonchev–Trinajstić information content (AvgIpc) is 2.85. The number of hydrogen-bond acceptors (Lipinski definition) is 2. The Morgan fingerprint density at radius 2 is 2.04 bits per heavy atom. The molecule has 23 heavy (non-hydrogen) atoms. The Kier molecular flexibility index (Phi) is 4.05. The zero-order valence-corrected chi connectivity index (χ0v) is 12.9. The summed E-state index contributed by atoms with van der Waals surface area (Å²) in [5, 5.41) is 3.72. The monoisotopic (exact) mass is 335 g/mol. The Labute approximate surface area is 135 Å². The predicted octanol–water partition coefficient (Wildman–Crippen LogP) is 4.85. The van der Waals surface area contributed by atoms with Gasteiger partial charge in [0.2, 0.25) is 5.91 Å². The van der Waals surface area contributed by atoms with Crippen molar-refractivity contribution in [1.82, 2.24) is 0 Å². The van der Waals surface area contributed by atoms with Crippen LogP contribution in [0.3, 0.4) is 0 Å². The summed E-state index contributed by atoms with van der Waals surface area (Å²) in [5.74, 6) is -1.96. The van der Waals surface area contributed by atoms with E-state index in [-0.39, 0.29) is 12.1 Å². The lowest BCUT2D eigenvalue weighted by molar-refractivity contribution is -0.115. The number of nitrogens with one attached hydrogen (secondary N) is 1. The molecule has 0 bridgehead atoms. The van der Waals surface area contributed by atoms with Crippen molar-refractivity contribution >= 4 is 34.2 Å². The van der Waals surface area contributed by atoms with Crippen LogP contribution in [0.5, 0.6) is 0 Å². The minimum atomic E-state index is -0.825. The molecule has 1 heterocycles. The first-order valence-electron chi connectivity index (χ1n) is 6.85. The average molecular weight is 336 g/mol. The van der Waals surface area contributed by atoms with Gasteiger partial charge in [0.1, 0.15) is 17.2 Å². The number of furan rings is 1. The molecule has 0 spiro atoms. The molecule has 0 radical (unpaired) electrons. The Balaban J connectivity index is 1.81. The molecule has 6 heteroatoms. The number of amides is 1. The molecule has 118 valence electrons. The second-order valence-electron chi connectivity index (χ2n) is 5.21. The highest BCUT2D eigenvalue weighted by atomic mass is 35.5. The number of aryl methyl sites for hydroxylation is 1. The number of fused-ring (bicyclic) bond motifs is 1. The molecule has 1 amide bonds. The summed E-state index contributed by atoms with van der Waals surface area (Å²) in [6.07, 6.45) is 1.46. The molecule has 2 aromatic carbocycles. The Morgan fingerprint density at radius 1 is 1.26 bits per heavy atom. The van der Waals surface area contributed by atoms with Crippen molar-refractivity contribution in [3.8, 4) is 0 Å². The quantitative estimate of drug-likeness (QED) is 0.743. The van der Waals surface area contributed by atoms with E-state index in [0.717, 1.165) is 17.0 Å². The summed E-state index contributed by atoms with van der Waals surface area (Å²) in [6, 6.07) is 6.49. The maximum Gasteiger partial charge on any atom is 0.229 e. The number of hydrogen-bond donors (Lipinski definition) is 1. The summed E-state index contributed by atoms with van der Waals surface area (Å²) in [7, 11) is 0. The number of benzene rings is 2. The van der Waals surface area contributed by atoms with Crippen molar-refractivity contribution in [3.05, 3.63) is 64.4 Å². The molecule has 1 N–H and O–H groups in total. The van der Waals surface area contributed by atoms with Crippen molar-refractivity contribution in [2.24, 2.45) is 0 Å². The van der Waals surface area contributed by atoms with E-state index >= 15 is 0 Å². The molecule has 0 aliphatic rings. The van der Waals surface area contributed by atoms with Crippen LogP contribution < -0.4 is 5.32 Å². The molecule has 0 saturated carbocycles. The Morgan fingerprint density at radius 3 is 2.78 bits per heavy atom. The number of anilines is 1. The van der Waals surface area contributed by atoms with Gasteiger partial charge in [-0.25, -0.2) is 8.78 Å². The van der Waals surface area contributed by atoms with Crippen LogP contribution in [-0.2, 0) is 11.2 Å². The summed E-state index contributed by atoms with van der Waals surface area (Å²) >= 11 is 6.09. The minimum absolute atomic E-state index is 0.0107. The first-order valence-corrected chi connectivity index (χ1v) is 7.23. The van der Waals surface area contributed by atoms with E-state index in [1.54, 1.807) is 12.1 Å². The van der Waals surface area contributed by atoms with Crippen LogP contribution >= 0.6 is 11.6 Å². The lowest BCUT2D eigenvalue weighted by atomic mass is 10.1. The second kappa shape index (κ2) is 6.01. The fraction of sp³-hybridized carbons (Fsp3) is 0.118. The molecule has 3 nitrogen and oxygen atoms in total. The van der Waals surface area contributed by atoms with Crippen molar-refractivity contribution in [1.29, 1.82) is 0 Å². The van der Waals surface area contributed by atoms with Gasteiger partial charge < -0.3 is 9.73 Å². The van der Waals surface area contributed by atoms with Crippen molar-refractivity contribution in [2.75, 3.05) is 5.32 Å². The van der Waals surface area contributed by atoms with E-state index in [1.165, 1.54) is 12.3 Å². The number of carbonyl (C=O) groups excluding carboxylic acids is 1. The van der Waals surface area contributed by atoms with Gasteiger partial charge in [-0.15, -0.1) is 0 Å². The number of rotatable bonds is 3. The summed E-state index contributed by atoms with van der Waals surface area (Å²) < 4.78 is 31.8. The van der Waals surface area contributed by atoms with Gasteiger partial charge in [0.15, 0.2) is 0 Å². The third-order valence-corrected chi connectivity index (χ3v) is 3.90. The molecular weight excluding hydrogens is 324 g/mol. The van der Waals surface area contributed by atoms with Gasteiger partial charge in [0.25, 0.3) is 0 Å². The largest absolute Gasteiger partial charge is 0.464 e. The summed E-state index contributed by atoms with van der Waals surface area (Å²) in [6.45, 7) is 1.86. The normalized spacial score (nSPS) is 11.0. The fourth-order valence-corrected chi connectivity index (χ4v) is 2.46. The van der Waals surface area contributed by atoms with Gasteiger partial charge in [-0.1, -0.05) is 11.6 Å². The molecule has 0 saturated heterocycles. The molecule has 0 fully saturated rings. The van der Waals surface area contributed by atoms with Gasteiger partial charge in [0.05, 0.1) is 18.4 Å². The maximum atomic E-state index is 13.5. The highest BCUT2D eigenvalue weighted by molar-refractivity contribution is 6.32. The SMILES string of the molecule is Cc1cc2occ(CC(=O)Nc3ccc(F)cc3F)c2cc1Cl. The first-order chi connectivity index (χ1) is 10.9. The van der Waals surface area contributed by atoms with E-state index in [4.69, 9.17) is 16.0 Å². The Bertz CT molecular complexity index is 905. The highest BCUT2D eigenvalue weighted by Crippen LogP contribution is 2.28. The van der Waals surface area contributed by atoms with E-state index in [1.807, 2.05) is 6.92 Å². The van der Waals surface area contributed by atoms with Gasteiger partial charge in [0, 0.05) is 22.0 Å². The third-order valence-electron chi connectivity index (χ3n) is 3.49. The summed E-state index contributed by atoms with van der Waals surface area (Å²) in [4.78, 5) is 12.1. The minimum Gasteiger partial charge on any atom is -0.464 e. The Hall–Kier alpha value is -2.40. The second-order valence-corrected chi connectivity index (χ2v) is 5.61. The lowest BCUT2D eigenvalue weighted by Crippen LogP contribution is -2.15. The van der Waals surface area contributed by atoms with Crippen LogP contribution in [0.1, 0.15) is 11.1 Å². The van der Waals surface area contributed by atoms with Crippen LogP contribution in [0.25, 0.3) is 11.0 Å². The van der Waals surface area contributed by atoms with Gasteiger partial charge >= 0.3 is 0 Å². The van der Waals surface area contributed by atoms with Crippen LogP contribution in [0, 0.1) is 18.6 Å². The van der Waals surface area contributed by atoms with Crippen LogP contribution in [0.2, 0.25) is 5.02 Å². The molecule has 3 rings (SSSR count). The molecule has 1 aromatic heterocycles. The van der Waals surface area contributed by atoms with Crippen molar-refractivity contribution < 1.29 is 18.0 Å². The van der Waals surface area contributed by atoms with E-state index in [0.29, 0.717) is 22.2 Å². The summed E-state index contributed by atoms with van der Waals surface area (Å²) in [5.41, 5.74) is 2.07. The molecule has 3 aromatic rings. The molecule has 0 unspecified atom stereocenters. The maximum absolute atomic E-state index is 13.5. The van der Waals surface area contributed by atoms with E-state index < -0.39 is 17.5 Å². The molecule has 0 aliphatic carbocycles. The smallest absolute Gasteiger partial charge is 0.229 e. The molecular formula is C17H12ClF2NO2. The number of carbonyl (C=O) groups is 1. The number of halogens is 3. The first kappa shape index (κ1) is 15.5. The molecule has 0 aliphatic heterocycles.